The van der Waals surface area contributed by atoms with Crippen molar-refractivity contribution in [2.45, 2.75) is 65.7 Å². The lowest BCUT2D eigenvalue weighted by Crippen LogP contribution is -2.17. The van der Waals surface area contributed by atoms with Gasteiger partial charge in [0.1, 0.15) is 22.9 Å². The van der Waals surface area contributed by atoms with Crippen LogP contribution in [0.2, 0.25) is 0 Å². The zero-order valence-corrected chi connectivity index (χ0v) is 21.9. The first-order chi connectivity index (χ1) is 18.3. The quantitative estimate of drug-likeness (QED) is 0.144. The molecule has 0 radical (unpaired) electrons. The number of carbonyl (C=O) groups excluding carboxylic acids is 4. The van der Waals surface area contributed by atoms with E-state index in [2.05, 4.69) is 15.1 Å². The van der Waals surface area contributed by atoms with Crippen LogP contribution in [0.15, 0.2) is 58.8 Å². The van der Waals surface area contributed by atoms with Gasteiger partial charge in [-0.1, -0.05) is 42.9 Å². The number of hydrogen-bond donors (Lipinski definition) is 0. The fourth-order valence-electron chi connectivity index (χ4n) is 4.16. The molecule has 0 spiro atoms. The molecule has 0 saturated heterocycles. The van der Waals surface area contributed by atoms with Crippen molar-refractivity contribution >= 4 is 34.9 Å². The second kappa shape index (κ2) is 14.0. The summed E-state index contributed by atoms with van der Waals surface area (Å²) in [5.74, 6) is -0.256. The van der Waals surface area contributed by atoms with Gasteiger partial charge in [0.15, 0.2) is 0 Å². The summed E-state index contributed by atoms with van der Waals surface area (Å²) >= 11 is 0. The third-order valence-corrected chi connectivity index (χ3v) is 6.16. The lowest BCUT2D eigenvalue weighted by molar-refractivity contribution is -0.141. The van der Waals surface area contributed by atoms with Crippen molar-refractivity contribution in [2.75, 3.05) is 0 Å². The minimum Gasteiger partial charge on any atom is -0.457 e. The number of rotatable bonds is 12. The summed E-state index contributed by atoms with van der Waals surface area (Å²) in [5.41, 5.74) is 1.15. The molecule has 9 heteroatoms. The molecule has 9 nitrogen and oxygen atoms in total. The Morgan fingerprint density at radius 3 is 1.63 bits per heavy atom. The highest BCUT2D eigenvalue weighted by Crippen LogP contribution is 2.29. The maximum Gasteiger partial charge on any atom is 0.331 e. The number of hydrogen-bond acceptors (Lipinski definition) is 9. The van der Waals surface area contributed by atoms with E-state index in [-0.39, 0.29) is 23.0 Å². The molecule has 0 aromatic heterocycles. The van der Waals surface area contributed by atoms with Crippen molar-refractivity contribution in [3.8, 4) is 11.5 Å². The SMILES string of the molecule is CC/C(=N\OC(C)=O)C(=O)c1ccc(Oc2ccc(C(=O)/C(CCC3CCCC3)=N/OC(C)=O)cc2)cc1. The molecular weight excluding hydrogens is 488 g/mol. The van der Waals surface area contributed by atoms with Crippen LogP contribution in [-0.4, -0.2) is 34.9 Å². The summed E-state index contributed by atoms with van der Waals surface area (Å²) in [5, 5.41) is 7.46. The van der Waals surface area contributed by atoms with Gasteiger partial charge in [-0.2, -0.15) is 0 Å². The lowest BCUT2D eigenvalue weighted by atomic mass is 9.96. The molecule has 0 atom stereocenters. The van der Waals surface area contributed by atoms with E-state index in [1.807, 2.05) is 0 Å². The average Bonchev–Trinajstić information content (AvgIpc) is 3.43. The van der Waals surface area contributed by atoms with Gasteiger partial charge in [-0.05, 0) is 73.7 Å². The molecule has 3 rings (SSSR count). The Labute approximate surface area is 221 Å². The van der Waals surface area contributed by atoms with Gasteiger partial charge >= 0.3 is 11.9 Å². The minimum atomic E-state index is -0.600. The van der Waals surface area contributed by atoms with Crippen molar-refractivity contribution in [2.24, 2.45) is 16.2 Å². The van der Waals surface area contributed by atoms with E-state index in [9.17, 15) is 19.2 Å². The van der Waals surface area contributed by atoms with E-state index in [0.717, 1.165) is 19.3 Å². The first-order valence-electron chi connectivity index (χ1n) is 12.7. The molecule has 0 bridgehead atoms. The lowest BCUT2D eigenvalue weighted by Gasteiger charge is -2.11. The Bertz CT molecular complexity index is 1210. The summed E-state index contributed by atoms with van der Waals surface area (Å²) in [7, 11) is 0. The Morgan fingerprint density at radius 2 is 1.18 bits per heavy atom. The Hall–Kier alpha value is -4.14. The molecule has 0 heterocycles. The molecular formula is C29H32N2O7. The molecule has 1 fully saturated rings. The zero-order chi connectivity index (χ0) is 27.5. The van der Waals surface area contributed by atoms with Gasteiger partial charge < -0.3 is 14.4 Å². The molecule has 0 unspecified atom stereocenters. The third kappa shape index (κ3) is 8.47. The minimum absolute atomic E-state index is 0.133. The third-order valence-electron chi connectivity index (χ3n) is 6.16. The molecule has 38 heavy (non-hydrogen) atoms. The summed E-state index contributed by atoms with van der Waals surface area (Å²) in [6.07, 6.45) is 6.31. The predicted octanol–water partition coefficient (Wildman–Crippen LogP) is 6.06. The molecule has 1 aliphatic rings. The second-order valence-corrected chi connectivity index (χ2v) is 9.09. The van der Waals surface area contributed by atoms with E-state index in [1.54, 1.807) is 55.5 Å². The van der Waals surface area contributed by atoms with Crippen molar-refractivity contribution < 1.29 is 33.6 Å². The van der Waals surface area contributed by atoms with Crippen LogP contribution in [0.3, 0.4) is 0 Å². The Balaban J connectivity index is 1.65. The fourth-order valence-corrected chi connectivity index (χ4v) is 4.16. The van der Waals surface area contributed by atoms with Crippen LogP contribution in [0.5, 0.6) is 11.5 Å². The number of benzene rings is 2. The van der Waals surface area contributed by atoms with Gasteiger partial charge in [0.25, 0.3) is 0 Å². The molecule has 2 aromatic rings. The van der Waals surface area contributed by atoms with Gasteiger partial charge in [0.05, 0.1) is 0 Å². The number of carbonyl (C=O) groups is 4. The smallest absolute Gasteiger partial charge is 0.331 e. The van der Waals surface area contributed by atoms with Crippen molar-refractivity contribution in [3.05, 3.63) is 59.7 Å². The standard InChI is InChI=1S/C29H32N2O7/c1-4-26(30-37-19(2)32)28(34)22-10-14-24(15-11-22)36-25-16-12-23(13-17-25)29(35)27(31-38-20(3)33)18-9-21-7-5-6-8-21/h10-17,21H,4-9,18H2,1-3H3/b30-26+,31-27+. The number of ketones is 2. The van der Waals surface area contributed by atoms with Gasteiger partial charge in [0.2, 0.25) is 11.6 Å². The molecule has 0 aliphatic heterocycles. The van der Waals surface area contributed by atoms with Crippen molar-refractivity contribution in [3.63, 3.8) is 0 Å². The topological polar surface area (TPSA) is 121 Å². The Morgan fingerprint density at radius 1 is 0.737 bits per heavy atom. The van der Waals surface area contributed by atoms with Crippen molar-refractivity contribution in [1.29, 1.82) is 0 Å². The summed E-state index contributed by atoms with van der Waals surface area (Å²) in [4.78, 5) is 57.2. The van der Waals surface area contributed by atoms with Gasteiger partial charge in [0, 0.05) is 25.0 Å². The normalized spacial score (nSPS) is 14.2. The largest absolute Gasteiger partial charge is 0.457 e. The van der Waals surface area contributed by atoms with E-state index < -0.39 is 11.9 Å². The van der Waals surface area contributed by atoms with Gasteiger partial charge in [-0.25, -0.2) is 9.59 Å². The second-order valence-electron chi connectivity index (χ2n) is 9.09. The van der Waals surface area contributed by atoms with Crippen LogP contribution < -0.4 is 4.74 Å². The molecule has 1 saturated carbocycles. The first-order valence-corrected chi connectivity index (χ1v) is 12.7. The molecule has 0 N–H and O–H groups in total. The highest BCUT2D eigenvalue weighted by atomic mass is 16.7. The summed E-state index contributed by atoms with van der Waals surface area (Å²) in [6.45, 7) is 4.20. The van der Waals surface area contributed by atoms with Crippen LogP contribution >= 0.6 is 0 Å². The zero-order valence-electron chi connectivity index (χ0n) is 21.9. The first kappa shape index (κ1) is 28.4. The van der Waals surface area contributed by atoms with E-state index in [0.29, 0.717) is 41.4 Å². The highest BCUT2D eigenvalue weighted by Gasteiger charge is 2.21. The van der Waals surface area contributed by atoms with Crippen molar-refractivity contribution in [1.82, 2.24) is 0 Å². The van der Waals surface area contributed by atoms with Crippen LogP contribution in [-0.2, 0) is 19.3 Å². The maximum atomic E-state index is 13.1. The number of Topliss-reactive ketones (excluding diaryl/α,β-unsaturated/α-hetero) is 2. The maximum absolute atomic E-state index is 13.1. The van der Waals surface area contributed by atoms with Crippen LogP contribution in [0.4, 0.5) is 0 Å². The molecule has 1 aliphatic carbocycles. The van der Waals surface area contributed by atoms with Crippen LogP contribution in [0.25, 0.3) is 0 Å². The average molecular weight is 521 g/mol. The van der Waals surface area contributed by atoms with E-state index >= 15 is 0 Å². The molecule has 200 valence electrons. The molecule has 2 aromatic carbocycles. The van der Waals surface area contributed by atoms with Gasteiger partial charge in [-0.15, -0.1) is 0 Å². The van der Waals surface area contributed by atoms with E-state index in [4.69, 9.17) is 9.57 Å². The van der Waals surface area contributed by atoms with Crippen LogP contribution in [0.1, 0.15) is 86.4 Å². The summed E-state index contributed by atoms with van der Waals surface area (Å²) < 4.78 is 5.85. The van der Waals surface area contributed by atoms with Crippen LogP contribution in [0, 0.1) is 5.92 Å². The highest BCUT2D eigenvalue weighted by molar-refractivity contribution is 6.46. The fraction of sp³-hybridized carbons (Fsp3) is 0.379. The summed E-state index contributed by atoms with van der Waals surface area (Å²) in [6, 6.07) is 13.0. The number of ether oxygens (including phenoxy) is 1. The van der Waals surface area contributed by atoms with Gasteiger partial charge in [-0.3, -0.25) is 9.59 Å². The monoisotopic (exact) mass is 520 g/mol. The predicted molar refractivity (Wildman–Crippen MR) is 142 cm³/mol. The number of nitrogens with zero attached hydrogens (tertiary/aromatic N) is 2. The van der Waals surface area contributed by atoms with E-state index in [1.165, 1.54) is 26.7 Å². The molecule has 0 amide bonds. The number of oxime groups is 2. The Kier molecular flexibility index (Phi) is 10.5.